The van der Waals surface area contributed by atoms with Crippen LogP contribution in [-0.2, 0) is 6.54 Å². The molecule has 6 nitrogen and oxygen atoms in total. The smallest absolute Gasteiger partial charge is 0.255 e. The van der Waals surface area contributed by atoms with Gasteiger partial charge in [0.25, 0.3) is 11.8 Å². The van der Waals surface area contributed by atoms with Crippen LogP contribution in [0.1, 0.15) is 26.5 Å². The molecule has 0 aliphatic rings. The summed E-state index contributed by atoms with van der Waals surface area (Å²) in [4.78, 5) is 25.0. The highest BCUT2D eigenvalue weighted by atomic mass is 35.5. The van der Waals surface area contributed by atoms with Crippen LogP contribution >= 0.6 is 11.6 Å². The van der Waals surface area contributed by atoms with E-state index in [1.165, 1.54) is 19.4 Å². The SMILES string of the molecule is COc1ccc(C(=O)Nc2ccccc2C(=O)NCc2ccco2)cc1Cl. The topological polar surface area (TPSA) is 80.6 Å². The number of halogens is 1. The summed E-state index contributed by atoms with van der Waals surface area (Å²) in [6.07, 6.45) is 1.54. The zero-order valence-electron chi connectivity index (χ0n) is 14.5. The molecule has 2 amide bonds. The molecule has 0 bridgehead atoms. The van der Waals surface area contributed by atoms with E-state index < -0.39 is 0 Å². The van der Waals surface area contributed by atoms with Gasteiger partial charge in [-0.15, -0.1) is 0 Å². The quantitative estimate of drug-likeness (QED) is 0.669. The number of nitrogens with one attached hydrogen (secondary N) is 2. The molecule has 0 spiro atoms. The van der Waals surface area contributed by atoms with Gasteiger partial charge in [-0.2, -0.15) is 0 Å². The molecule has 27 heavy (non-hydrogen) atoms. The van der Waals surface area contributed by atoms with Crippen LogP contribution in [0.4, 0.5) is 5.69 Å². The van der Waals surface area contributed by atoms with Gasteiger partial charge in [-0.1, -0.05) is 23.7 Å². The van der Waals surface area contributed by atoms with Crippen molar-refractivity contribution in [3.05, 3.63) is 82.8 Å². The number of hydrogen-bond donors (Lipinski definition) is 2. The first-order chi connectivity index (χ1) is 13.1. The summed E-state index contributed by atoms with van der Waals surface area (Å²) in [6, 6.07) is 15.0. The Morgan fingerprint density at radius 1 is 1.07 bits per heavy atom. The Morgan fingerprint density at radius 3 is 2.59 bits per heavy atom. The zero-order valence-corrected chi connectivity index (χ0v) is 15.2. The van der Waals surface area contributed by atoms with Crippen molar-refractivity contribution in [2.24, 2.45) is 0 Å². The highest BCUT2D eigenvalue weighted by molar-refractivity contribution is 6.32. The zero-order chi connectivity index (χ0) is 19.2. The summed E-state index contributed by atoms with van der Waals surface area (Å²) in [5.74, 6) is 0.407. The van der Waals surface area contributed by atoms with Gasteiger partial charge >= 0.3 is 0 Å². The highest BCUT2D eigenvalue weighted by Crippen LogP contribution is 2.25. The van der Waals surface area contributed by atoms with Crippen LogP contribution in [0.3, 0.4) is 0 Å². The maximum Gasteiger partial charge on any atom is 0.255 e. The van der Waals surface area contributed by atoms with Crippen molar-refractivity contribution in [3.8, 4) is 5.75 Å². The Bertz CT molecular complexity index is 954. The van der Waals surface area contributed by atoms with Crippen LogP contribution < -0.4 is 15.4 Å². The van der Waals surface area contributed by atoms with Crippen LogP contribution in [0.15, 0.2) is 65.3 Å². The van der Waals surface area contributed by atoms with Crippen LogP contribution in [0, 0.1) is 0 Å². The standard InChI is InChI=1S/C20H17ClN2O4/c1-26-18-9-8-13(11-16(18)21)19(24)23-17-7-3-2-6-15(17)20(25)22-12-14-5-4-10-27-14/h2-11H,12H2,1H3,(H,22,25)(H,23,24). The molecule has 0 saturated carbocycles. The van der Waals surface area contributed by atoms with Crippen molar-refractivity contribution in [1.29, 1.82) is 0 Å². The van der Waals surface area contributed by atoms with Gasteiger partial charge in [-0.05, 0) is 42.5 Å². The third-order valence-electron chi connectivity index (χ3n) is 3.84. The Morgan fingerprint density at radius 2 is 1.89 bits per heavy atom. The predicted molar refractivity (Wildman–Crippen MR) is 102 cm³/mol. The first-order valence-electron chi connectivity index (χ1n) is 8.13. The number of amides is 2. The van der Waals surface area contributed by atoms with Crippen molar-refractivity contribution in [3.63, 3.8) is 0 Å². The summed E-state index contributed by atoms with van der Waals surface area (Å²) in [5, 5.41) is 5.83. The Hall–Kier alpha value is -3.25. The summed E-state index contributed by atoms with van der Waals surface area (Å²) < 4.78 is 10.3. The van der Waals surface area contributed by atoms with Gasteiger partial charge in [0.2, 0.25) is 0 Å². The van der Waals surface area contributed by atoms with E-state index in [9.17, 15) is 9.59 Å². The molecule has 0 radical (unpaired) electrons. The number of para-hydroxylation sites is 1. The van der Waals surface area contributed by atoms with E-state index in [0.29, 0.717) is 33.3 Å². The normalized spacial score (nSPS) is 10.3. The molecule has 3 aromatic rings. The van der Waals surface area contributed by atoms with E-state index in [1.54, 1.807) is 48.5 Å². The van der Waals surface area contributed by atoms with Crippen molar-refractivity contribution in [1.82, 2.24) is 5.32 Å². The van der Waals surface area contributed by atoms with Gasteiger partial charge in [0.1, 0.15) is 11.5 Å². The Kier molecular flexibility index (Phi) is 5.78. The molecule has 2 N–H and O–H groups in total. The third-order valence-corrected chi connectivity index (χ3v) is 4.13. The number of hydrogen-bond acceptors (Lipinski definition) is 4. The maximum atomic E-state index is 12.5. The molecule has 0 saturated heterocycles. The molecule has 1 aromatic heterocycles. The molecule has 0 atom stereocenters. The van der Waals surface area contributed by atoms with Gasteiger partial charge < -0.3 is 19.8 Å². The van der Waals surface area contributed by atoms with Crippen molar-refractivity contribution in [2.75, 3.05) is 12.4 Å². The maximum absolute atomic E-state index is 12.5. The predicted octanol–water partition coefficient (Wildman–Crippen LogP) is 4.12. The average Bonchev–Trinajstić information content (AvgIpc) is 3.20. The van der Waals surface area contributed by atoms with Crippen LogP contribution in [0.5, 0.6) is 5.75 Å². The van der Waals surface area contributed by atoms with Crippen LogP contribution in [-0.4, -0.2) is 18.9 Å². The molecule has 7 heteroatoms. The lowest BCUT2D eigenvalue weighted by Gasteiger charge is -2.12. The Labute approximate surface area is 161 Å². The number of benzene rings is 2. The minimum absolute atomic E-state index is 0.252. The molecule has 0 aliphatic carbocycles. The molecule has 0 aliphatic heterocycles. The molecule has 1 heterocycles. The number of anilines is 1. The molecule has 0 unspecified atom stereocenters. The monoisotopic (exact) mass is 384 g/mol. The second kappa shape index (κ2) is 8.42. The van der Waals surface area contributed by atoms with Gasteiger partial charge in [-0.3, -0.25) is 9.59 Å². The van der Waals surface area contributed by atoms with Gasteiger partial charge in [0.15, 0.2) is 0 Å². The van der Waals surface area contributed by atoms with Gasteiger partial charge in [-0.25, -0.2) is 0 Å². The third kappa shape index (κ3) is 4.48. The molecular weight excluding hydrogens is 368 g/mol. The molecule has 0 fully saturated rings. The van der Waals surface area contributed by atoms with Crippen LogP contribution in [0.25, 0.3) is 0 Å². The summed E-state index contributed by atoms with van der Waals surface area (Å²) in [7, 11) is 1.50. The lowest BCUT2D eigenvalue weighted by molar-refractivity contribution is 0.0949. The fourth-order valence-corrected chi connectivity index (χ4v) is 2.73. The summed E-state index contributed by atoms with van der Waals surface area (Å²) in [6.45, 7) is 0.252. The van der Waals surface area contributed by atoms with Crippen molar-refractivity contribution >= 4 is 29.1 Å². The first kappa shape index (κ1) is 18.5. The van der Waals surface area contributed by atoms with E-state index in [-0.39, 0.29) is 18.4 Å². The first-order valence-corrected chi connectivity index (χ1v) is 8.51. The number of furan rings is 1. The fourth-order valence-electron chi connectivity index (χ4n) is 2.47. The highest BCUT2D eigenvalue weighted by Gasteiger charge is 2.15. The van der Waals surface area contributed by atoms with E-state index >= 15 is 0 Å². The molecule has 3 rings (SSSR count). The van der Waals surface area contributed by atoms with E-state index in [0.717, 1.165) is 0 Å². The van der Waals surface area contributed by atoms with Crippen molar-refractivity contribution < 1.29 is 18.7 Å². The molecule has 2 aromatic carbocycles. The second-order valence-electron chi connectivity index (χ2n) is 5.61. The lowest BCUT2D eigenvalue weighted by Crippen LogP contribution is -2.24. The molecule has 138 valence electrons. The fraction of sp³-hybridized carbons (Fsp3) is 0.100. The van der Waals surface area contributed by atoms with Crippen LogP contribution in [0.2, 0.25) is 5.02 Å². The second-order valence-corrected chi connectivity index (χ2v) is 6.02. The van der Waals surface area contributed by atoms with E-state index in [4.69, 9.17) is 20.8 Å². The summed E-state index contributed by atoms with van der Waals surface area (Å²) >= 11 is 6.07. The average molecular weight is 385 g/mol. The van der Waals surface area contributed by atoms with E-state index in [2.05, 4.69) is 10.6 Å². The van der Waals surface area contributed by atoms with E-state index in [1.807, 2.05) is 0 Å². The number of ether oxygens (including phenoxy) is 1. The van der Waals surface area contributed by atoms with Gasteiger partial charge in [0.05, 0.1) is 36.2 Å². The lowest BCUT2D eigenvalue weighted by atomic mass is 10.1. The molecular formula is C20H17ClN2O4. The minimum atomic E-state index is -0.383. The Balaban J connectivity index is 1.74. The number of carbonyl (C=O) groups is 2. The van der Waals surface area contributed by atoms with Gasteiger partial charge in [0, 0.05) is 5.56 Å². The number of carbonyl (C=O) groups excluding carboxylic acids is 2. The van der Waals surface area contributed by atoms with Crippen molar-refractivity contribution in [2.45, 2.75) is 6.54 Å². The summed E-state index contributed by atoms with van der Waals surface area (Å²) in [5.41, 5.74) is 1.09. The number of methoxy groups -OCH3 is 1. The minimum Gasteiger partial charge on any atom is -0.495 e. The largest absolute Gasteiger partial charge is 0.495 e. The number of rotatable bonds is 6.